The predicted molar refractivity (Wildman–Crippen MR) is 69.0 cm³/mol. The minimum Gasteiger partial charge on any atom is -0.455 e. The maximum Gasteiger partial charge on any atom is 0.146 e. The summed E-state index contributed by atoms with van der Waals surface area (Å²) in [5.74, 6) is 0.509. The third-order valence-electron chi connectivity index (χ3n) is 2.33. The van der Waals surface area contributed by atoms with Gasteiger partial charge in [-0.25, -0.2) is 4.39 Å². The molecule has 2 aromatic rings. The van der Waals surface area contributed by atoms with E-state index in [1.807, 2.05) is 0 Å². The van der Waals surface area contributed by atoms with Crippen molar-refractivity contribution < 1.29 is 14.2 Å². The van der Waals surface area contributed by atoms with Crippen LogP contribution in [0.3, 0.4) is 0 Å². The molecule has 0 saturated heterocycles. The lowest BCUT2D eigenvalue weighted by Gasteiger charge is -2.13. The van der Waals surface area contributed by atoms with Gasteiger partial charge in [0.15, 0.2) is 0 Å². The van der Waals surface area contributed by atoms with Crippen LogP contribution in [-0.2, 0) is 0 Å². The topological polar surface area (TPSA) is 42.4 Å². The molecule has 0 saturated carbocycles. The van der Waals surface area contributed by atoms with Crippen LogP contribution >= 0.6 is 15.9 Å². The van der Waals surface area contributed by atoms with Gasteiger partial charge in [-0.3, -0.25) is 4.98 Å². The Hall–Kier alpha value is -1.46. The largest absolute Gasteiger partial charge is 0.455 e. The van der Waals surface area contributed by atoms with E-state index < -0.39 is 11.9 Å². The van der Waals surface area contributed by atoms with Crippen LogP contribution in [0.25, 0.3) is 0 Å². The smallest absolute Gasteiger partial charge is 0.146 e. The first kappa shape index (κ1) is 13.0. The van der Waals surface area contributed by atoms with Crippen LogP contribution in [0.4, 0.5) is 4.39 Å². The number of benzene rings is 1. The molecular formula is C13H11BrFNO2. The number of ether oxygens (including phenoxy) is 1. The monoisotopic (exact) mass is 311 g/mol. The van der Waals surface area contributed by atoms with Gasteiger partial charge in [0.25, 0.3) is 0 Å². The quantitative estimate of drug-likeness (QED) is 0.936. The highest BCUT2D eigenvalue weighted by Crippen LogP contribution is 2.30. The molecular weight excluding hydrogens is 301 g/mol. The molecule has 0 aliphatic heterocycles. The zero-order valence-electron chi connectivity index (χ0n) is 9.60. The fourth-order valence-corrected chi connectivity index (χ4v) is 1.86. The number of aliphatic hydroxyl groups is 1. The first-order chi connectivity index (χ1) is 8.56. The lowest BCUT2D eigenvalue weighted by atomic mass is 10.1. The van der Waals surface area contributed by atoms with Crippen LogP contribution in [0.1, 0.15) is 18.6 Å². The van der Waals surface area contributed by atoms with Crippen LogP contribution in [0.2, 0.25) is 0 Å². The van der Waals surface area contributed by atoms with Crippen LogP contribution in [-0.4, -0.2) is 10.1 Å². The molecule has 1 aromatic carbocycles. The van der Waals surface area contributed by atoms with Crippen molar-refractivity contribution in [2.45, 2.75) is 13.0 Å². The summed E-state index contributed by atoms with van der Waals surface area (Å²) >= 11 is 3.28. The fraction of sp³-hybridized carbons (Fsp3) is 0.154. The molecule has 1 unspecified atom stereocenters. The van der Waals surface area contributed by atoms with Gasteiger partial charge in [-0.05, 0) is 47.1 Å². The zero-order chi connectivity index (χ0) is 13.1. The second-order valence-electron chi connectivity index (χ2n) is 3.80. The molecule has 0 aliphatic carbocycles. The number of aromatic nitrogens is 1. The molecule has 0 amide bonds. The molecule has 0 fully saturated rings. The number of hydrogen-bond acceptors (Lipinski definition) is 3. The number of aliphatic hydroxyl groups excluding tert-OH is 1. The average molecular weight is 312 g/mol. The average Bonchev–Trinajstić information content (AvgIpc) is 2.31. The van der Waals surface area contributed by atoms with Gasteiger partial charge >= 0.3 is 0 Å². The highest BCUT2D eigenvalue weighted by molar-refractivity contribution is 9.10. The minimum atomic E-state index is -0.809. The lowest BCUT2D eigenvalue weighted by Crippen LogP contribution is -1.97. The van der Waals surface area contributed by atoms with Gasteiger partial charge < -0.3 is 9.84 Å². The Morgan fingerprint density at radius 1 is 1.33 bits per heavy atom. The molecule has 1 heterocycles. The molecule has 1 atom stereocenters. The first-order valence-electron chi connectivity index (χ1n) is 5.32. The van der Waals surface area contributed by atoms with E-state index >= 15 is 0 Å². The lowest BCUT2D eigenvalue weighted by molar-refractivity contribution is 0.195. The molecule has 1 aromatic heterocycles. The standard InChI is InChI=1S/C13H11BrFNO2/c1-8(17)12-5-10(15)2-3-13(12)18-11-4-9(14)6-16-7-11/h2-8,17H,1H3. The van der Waals surface area contributed by atoms with E-state index in [1.165, 1.54) is 18.2 Å². The SMILES string of the molecule is CC(O)c1cc(F)ccc1Oc1cncc(Br)c1. The highest BCUT2D eigenvalue weighted by Gasteiger charge is 2.11. The van der Waals surface area contributed by atoms with Crippen molar-refractivity contribution in [1.29, 1.82) is 0 Å². The van der Waals surface area contributed by atoms with E-state index in [0.29, 0.717) is 17.1 Å². The van der Waals surface area contributed by atoms with Gasteiger partial charge in [-0.1, -0.05) is 0 Å². The van der Waals surface area contributed by atoms with Crippen molar-refractivity contribution in [3.05, 3.63) is 52.5 Å². The fourth-order valence-electron chi connectivity index (χ4n) is 1.51. The van der Waals surface area contributed by atoms with Gasteiger partial charge in [-0.2, -0.15) is 0 Å². The number of halogens is 2. The summed E-state index contributed by atoms with van der Waals surface area (Å²) < 4.78 is 19.5. The van der Waals surface area contributed by atoms with E-state index in [2.05, 4.69) is 20.9 Å². The Labute approximate surface area is 112 Å². The van der Waals surface area contributed by atoms with Crippen LogP contribution in [0, 0.1) is 5.82 Å². The molecule has 0 aliphatic rings. The summed E-state index contributed by atoms with van der Waals surface area (Å²) in [5, 5.41) is 9.59. The molecule has 0 spiro atoms. The van der Waals surface area contributed by atoms with Gasteiger partial charge in [-0.15, -0.1) is 0 Å². The number of pyridine rings is 1. The Bertz CT molecular complexity index is 560. The van der Waals surface area contributed by atoms with E-state index in [0.717, 1.165) is 4.47 Å². The highest BCUT2D eigenvalue weighted by atomic mass is 79.9. The predicted octanol–water partition coefficient (Wildman–Crippen LogP) is 3.83. The van der Waals surface area contributed by atoms with Gasteiger partial charge in [0.05, 0.1) is 12.3 Å². The summed E-state index contributed by atoms with van der Waals surface area (Å²) in [7, 11) is 0. The molecule has 0 bridgehead atoms. The summed E-state index contributed by atoms with van der Waals surface area (Å²) in [6, 6.07) is 5.76. The number of rotatable bonds is 3. The first-order valence-corrected chi connectivity index (χ1v) is 6.11. The molecule has 3 nitrogen and oxygen atoms in total. The summed E-state index contributed by atoms with van der Waals surface area (Å²) in [6.07, 6.45) is 2.36. The van der Waals surface area contributed by atoms with E-state index in [9.17, 15) is 9.50 Å². The van der Waals surface area contributed by atoms with Crippen molar-refractivity contribution >= 4 is 15.9 Å². The number of nitrogens with zero attached hydrogens (tertiary/aromatic N) is 1. The Morgan fingerprint density at radius 2 is 2.11 bits per heavy atom. The third kappa shape index (κ3) is 3.05. The van der Waals surface area contributed by atoms with Crippen molar-refractivity contribution in [1.82, 2.24) is 4.98 Å². The van der Waals surface area contributed by atoms with E-state index in [-0.39, 0.29) is 0 Å². The van der Waals surface area contributed by atoms with Crippen molar-refractivity contribution in [3.8, 4) is 11.5 Å². The van der Waals surface area contributed by atoms with E-state index in [4.69, 9.17) is 4.74 Å². The van der Waals surface area contributed by atoms with Crippen LogP contribution in [0.15, 0.2) is 41.1 Å². The molecule has 18 heavy (non-hydrogen) atoms. The van der Waals surface area contributed by atoms with Gasteiger partial charge in [0, 0.05) is 16.2 Å². The van der Waals surface area contributed by atoms with Crippen LogP contribution in [0.5, 0.6) is 11.5 Å². The van der Waals surface area contributed by atoms with E-state index in [1.54, 1.807) is 25.4 Å². The molecule has 0 radical (unpaired) electrons. The normalized spacial score (nSPS) is 12.2. The summed E-state index contributed by atoms with van der Waals surface area (Å²) in [4.78, 5) is 3.96. The molecule has 2 rings (SSSR count). The minimum absolute atomic E-state index is 0.398. The van der Waals surface area contributed by atoms with Gasteiger partial charge in [0.1, 0.15) is 17.3 Å². The Morgan fingerprint density at radius 3 is 2.78 bits per heavy atom. The van der Waals surface area contributed by atoms with Crippen molar-refractivity contribution in [2.75, 3.05) is 0 Å². The second kappa shape index (κ2) is 5.46. The van der Waals surface area contributed by atoms with Crippen molar-refractivity contribution in [3.63, 3.8) is 0 Å². The van der Waals surface area contributed by atoms with Gasteiger partial charge in [0.2, 0.25) is 0 Å². The third-order valence-corrected chi connectivity index (χ3v) is 2.76. The maximum atomic E-state index is 13.1. The zero-order valence-corrected chi connectivity index (χ0v) is 11.2. The van der Waals surface area contributed by atoms with Crippen molar-refractivity contribution in [2.24, 2.45) is 0 Å². The maximum absolute atomic E-state index is 13.1. The summed E-state index contributed by atoms with van der Waals surface area (Å²) in [5.41, 5.74) is 0.398. The molecule has 94 valence electrons. The summed E-state index contributed by atoms with van der Waals surface area (Å²) in [6.45, 7) is 1.56. The Balaban J connectivity index is 2.34. The van der Waals surface area contributed by atoms with Crippen LogP contribution < -0.4 is 4.74 Å². The number of hydrogen-bond donors (Lipinski definition) is 1. The second-order valence-corrected chi connectivity index (χ2v) is 4.71. The molecule has 1 N–H and O–H groups in total. The molecule has 5 heteroatoms. The Kier molecular flexibility index (Phi) is 3.93.